The Morgan fingerprint density at radius 3 is 2.38 bits per heavy atom. The lowest BCUT2D eigenvalue weighted by molar-refractivity contribution is -0.143. The topological polar surface area (TPSA) is 99.6 Å². The molecule has 9 nitrogen and oxygen atoms in total. The Hall–Kier alpha value is -3.69. The second-order valence-electron chi connectivity index (χ2n) is 9.96. The van der Waals surface area contributed by atoms with Crippen LogP contribution in [0.25, 0.3) is 5.76 Å². The monoisotopic (exact) mass is 533 g/mol. The number of anilines is 1. The molecule has 9 heteroatoms. The zero-order chi connectivity index (χ0) is 27.6. The van der Waals surface area contributed by atoms with Gasteiger partial charge in [-0.2, -0.15) is 0 Å². The summed E-state index contributed by atoms with van der Waals surface area (Å²) in [5.74, 6) is -1.76. The molecule has 3 aliphatic heterocycles. The van der Waals surface area contributed by atoms with Crippen molar-refractivity contribution >= 4 is 29.0 Å². The first-order valence-corrected chi connectivity index (χ1v) is 13.7. The van der Waals surface area contributed by atoms with E-state index in [1.165, 1.54) is 4.90 Å². The molecule has 0 bridgehead atoms. The van der Waals surface area contributed by atoms with Crippen molar-refractivity contribution in [3.05, 3.63) is 65.2 Å². The summed E-state index contributed by atoms with van der Waals surface area (Å²) in [5, 5.41) is 11.6. The summed E-state index contributed by atoms with van der Waals surface area (Å²) in [6.45, 7) is 8.58. The van der Waals surface area contributed by atoms with Crippen LogP contribution in [0, 0.1) is 0 Å². The molecule has 1 atom stereocenters. The summed E-state index contributed by atoms with van der Waals surface area (Å²) in [4.78, 5) is 47.1. The van der Waals surface area contributed by atoms with Crippen molar-refractivity contribution in [3.8, 4) is 5.75 Å². The molecule has 3 aliphatic rings. The highest BCUT2D eigenvalue weighted by atomic mass is 16.5. The lowest BCUT2D eigenvalue weighted by Crippen LogP contribution is -2.52. The molecule has 1 N–H and O–H groups in total. The molecular weight excluding hydrogens is 498 g/mol. The SMILES string of the molecule is CCCN1C(=O)[C@@]2(C(=C(O)c3ccc(OCC)cc3)C(=O)C(=O)N2CCCN2CCOCC2)c2ccccc21. The molecule has 2 aromatic carbocycles. The minimum Gasteiger partial charge on any atom is -0.507 e. The number of fused-ring (bicyclic) bond motifs is 2. The van der Waals surface area contributed by atoms with Gasteiger partial charge in [-0.25, -0.2) is 0 Å². The largest absolute Gasteiger partial charge is 0.507 e. The van der Waals surface area contributed by atoms with Crippen LogP contribution in [0.4, 0.5) is 5.69 Å². The van der Waals surface area contributed by atoms with Crippen LogP contribution in [-0.4, -0.2) is 85.0 Å². The van der Waals surface area contributed by atoms with E-state index in [0.29, 0.717) is 68.3 Å². The molecule has 0 aliphatic carbocycles. The summed E-state index contributed by atoms with van der Waals surface area (Å²) in [7, 11) is 0. The van der Waals surface area contributed by atoms with E-state index >= 15 is 0 Å². The molecule has 3 heterocycles. The fourth-order valence-corrected chi connectivity index (χ4v) is 5.91. The second kappa shape index (κ2) is 11.2. The van der Waals surface area contributed by atoms with Gasteiger partial charge < -0.3 is 24.4 Å². The van der Waals surface area contributed by atoms with Crippen LogP contribution in [0.1, 0.15) is 37.8 Å². The molecule has 0 unspecified atom stereocenters. The highest BCUT2D eigenvalue weighted by Crippen LogP contribution is 2.53. The van der Waals surface area contributed by atoms with E-state index < -0.39 is 17.2 Å². The number of ketones is 1. The van der Waals surface area contributed by atoms with E-state index in [4.69, 9.17) is 9.47 Å². The van der Waals surface area contributed by atoms with Gasteiger partial charge >= 0.3 is 0 Å². The highest BCUT2D eigenvalue weighted by Gasteiger charge is 2.66. The number of morpholine rings is 1. The van der Waals surface area contributed by atoms with Crippen molar-refractivity contribution in [2.75, 3.05) is 57.4 Å². The van der Waals surface area contributed by atoms with Gasteiger partial charge in [0.25, 0.3) is 17.6 Å². The molecule has 2 aromatic rings. The molecule has 2 fully saturated rings. The lowest BCUT2D eigenvalue weighted by Gasteiger charge is -2.35. The molecule has 206 valence electrons. The van der Waals surface area contributed by atoms with Gasteiger partial charge in [0.1, 0.15) is 11.5 Å². The van der Waals surface area contributed by atoms with Gasteiger partial charge in [0.15, 0.2) is 5.54 Å². The fraction of sp³-hybridized carbons (Fsp3) is 0.433. The molecule has 1 spiro atoms. The summed E-state index contributed by atoms with van der Waals surface area (Å²) >= 11 is 0. The highest BCUT2D eigenvalue weighted by molar-refractivity contribution is 6.50. The minimum atomic E-state index is -1.73. The predicted octanol–water partition coefficient (Wildman–Crippen LogP) is 3.14. The van der Waals surface area contributed by atoms with Crippen molar-refractivity contribution in [2.24, 2.45) is 0 Å². The van der Waals surface area contributed by atoms with E-state index in [1.807, 2.05) is 26.0 Å². The van der Waals surface area contributed by atoms with Gasteiger partial charge in [-0.1, -0.05) is 25.1 Å². The Labute approximate surface area is 228 Å². The van der Waals surface area contributed by atoms with Gasteiger partial charge in [0.05, 0.1) is 31.1 Å². The number of aliphatic hydroxyl groups excluding tert-OH is 1. The summed E-state index contributed by atoms with van der Waals surface area (Å²) in [5.41, 5.74) is -0.376. The number of para-hydroxylation sites is 1. The Morgan fingerprint density at radius 1 is 0.974 bits per heavy atom. The summed E-state index contributed by atoms with van der Waals surface area (Å²) < 4.78 is 10.9. The third-order valence-corrected chi connectivity index (χ3v) is 7.65. The number of carbonyl (C=O) groups is 3. The maximum absolute atomic E-state index is 14.4. The van der Waals surface area contributed by atoms with Gasteiger partial charge in [0, 0.05) is 43.9 Å². The normalized spacial score (nSPS) is 22.7. The van der Waals surface area contributed by atoms with Crippen LogP contribution in [0.5, 0.6) is 5.75 Å². The van der Waals surface area contributed by atoms with Crippen molar-refractivity contribution in [3.63, 3.8) is 0 Å². The Bertz CT molecular complexity index is 1280. The zero-order valence-corrected chi connectivity index (χ0v) is 22.5. The number of hydrogen-bond donors (Lipinski definition) is 1. The van der Waals surface area contributed by atoms with Crippen molar-refractivity contribution < 1.29 is 29.0 Å². The smallest absolute Gasteiger partial charge is 0.296 e. The molecule has 0 aromatic heterocycles. The quantitative estimate of drug-likeness (QED) is 0.300. The van der Waals surface area contributed by atoms with Crippen molar-refractivity contribution in [1.29, 1.82) is 0 Å². The standard InChI is InChI=1S/C30H35N3O6/c1-3-14-32-24-9-6-5-8-23(24)30(29(32)37)25(26(34)21-10-12-22(13-11-21)39-4-2)27(35)28(36)33(30)16-7-15-31-17-19-38-20-18-31/h5-6,8-13,34H,3-4,7,14-20H2,1-2H3/t30-/m0/s1. The van der Waals surface area contributed by atoms with E-state index in [1.54, 1.807) is 41.3 Å². The van der Waals surface area contributed by atoms with E-state index in [9.17, 15) is 19.5 Å². The predicted molar refractivity (Wildman–Crippen MR) is 147 cm³/mol. The van der Waals surface area contributed by atoms with Crippen LogP contribution < -0.4 is 9.64 Å². The van der Waals surface area contributed by atoms with Gasteiger partial charge in [-0.15, -0.1) is 0 Å². The first-order valence-electron chi connectivity index (χ1n) is 13.7. The third kappa shape index (κ3) is 4.49. The fourth-order valence-electron chi connectivity index (χ4n) is 5.91. The molecule has 5 rings (SSSR count). The summed E-state index contributed by atoms with van der Waals surface area (Å²) in [6.07, 6.45) is 1.26. The van der Waals surface area contributed by atoms with Gasteiger partial charge in [-0.05, 0) is 50.1 Å². The number of ether oxygens (including phenoxy) is 2. The second-order valence-corrected chi connectivity index (χ2v) is 9.96. The maximum atomic E-state index is 14.4. The minimum absolute atomic E-state index is 0.181. The number of rotatable bonds is 9. The molecule has 2 amide bonds. The van der Waals surface area contributed by atoms with E-state index in [-0.39, 0.29) is 23.8 Å². The zero-order valence-electron chi connectivity index (χ0n) is 22.5. The first-order chi connectivity index (χ1) is 18.9. The Morgan fingerprint density at radius 2 is 1.69 bits per heavy atom. The van der Waals surface area contributed by atoms with Crippen LogP contribution in [0.3, 0.4) is 0 Å². The Balaban J connectivity index is 1.62. The van der Waals surface area contributed by atoms with Crippen molar-refractivity contribution in [1.82, 2.24) is 9.80 Å². The van der Waals surface area contributed by atoms with Gasteiger partial charge in [-0.3, -0.25) is 19.3 Å². The van der Waals surface area contributed by atoms with Crippen LogP contribution >= 0.6 is 0 Å². The number of Topliss-reactive ketones (excluding diaryl/α,β-unsaturated/α-hetero) is 1. The number of likely N-dealkylation sites (tertiary alicyclic amines) is 1. The average Bonchev–Trinajstić information content (AvgIpc) is 3.33. The van der Waals surface area contributed by atoms with E-state index in [0.717, 1.165) is 13.1 Å². The number of amides is 2. The number of carbonyl (C=O) groups excluding carboxylic acids is 3. The molecule has 0 radical (unpaired) electrons. The van der Waals surface area contributed by atoms with Crippen molar-refractivity contribution in [2.45, 2.75) is 32.2 Å². The molecule has 0 saturated carbocycles. The lowest BCUT2D eigenvalue weighted by atomic mass is 9.82. The first kappa shape index (κ1) is 26.9. The summed E-state index contributed by atoms with van der Waals surface area (Å²) in [6, 6.07) is 13.9. The average molecular weight is 534 g/mol. The van der Waals surface area contributed by atoms with Crippen LogP contribution in [0.15, 0.2) is 54.1 Å². The van der Waals surface area contributed by atoms with Crippen LogP contribution in [-0.2, 0) is 24.7 Å². The van der Waals surface area contributed by atoms with Crippen LogP contribution in [0.2, 0.25) is 0 Å². The number of hydrogen-bond acceptors (Lipinski definition) is 7. The molecule has 39 heavy (non-hydrogen) atoms. The Kier molecular flexibility index (Phi) is 7.72. The molecule has 2 saturated heterocycles. The number of nitrogens with zero attached hydrogens (tertiary/aromatic N) is 3. The molecular formula is C30H35N3O6. The van der Waals surface area contributed by atoms with E-state index in [2.05, 4.69) is 4.90 Å². The third-order valence-electron chi connectivity index (χ3n) is 7.65. The number of benzene rings is 2. The number of aliphatic hydroxyl groups is 1. The maximum Gasteiger partial charge on any atom is 0.296 e. The van der Waals surface area contributed by atoms with Gasteiger partial charge in [0.2, 0.25) is 0 Å².